The minimum absolute atomic E-state index is 0.157. The largest absolute Gasteiger partial charge is 0.336 e. The molecule has 4 amide bonds. The molecule has 0 radical (unpaired) electrons. The van der Waals surface area contributed by atoms with Crippen molar-refractivity contribution in [3.63, 3.8) is 0 Å². The van der Waals surface area contributed by atoms with Crippen molar-refractivity contribution in [1.29, 1.82) is 0 Å². The molecule has 2 aliphatic rings. The van der Waals surface area contributed by atoms with Crippen LogP contribution in [-0.4, -0.2) is 41.4 Å². The van der Waals surface area contributed by atoms with Crippen molar-refractivity contribution in [2.24, 2.45) is 0 Å². The van der Waals surface area contributed by atoms with Crippen LogP contribution in [-0.2, 0) is 4.79 Å². The van der Waals surface area contributed by atoms with Gasteiger partial charge in [0.2, 0.25) is 0 Å². The summed E-state index contributed by atoms with van der Waals surface area (Å²) >= 11 is 5.89. The smallest absolute Gasteiger partial charge is 0.322 e. The molecule has 2 saturated heterocycles. The lowest BCUT2D eigenvalue weighted by molar-refractivity contribution is -0.123. The zero-order valence-corrected chi connectivity index (χ0v) is 12.2. The van der Waals surface area contributed by atoms with Crippen molar-refractivity contribution in [2.75, 3.05) is 13.1 Å². The van der Waals surface area contributed by atoms with Gasteiger partial charge in [-0.05, 0) is 37.1 Å². The van der Waals surface area contributed by atoms with E-state index >= 15 is 0 Å². The predicted octanol–water partition coefficient (Wildman–Crippen LogP) is 1.07. The van der Waals surface area contributed by atoms with Crippen LogP contribution < -0.4 is 10.6 Å². The number of aryl methyl sites for hydroxylation is 1. The molecular formula is C14H14ClN3O3. The topological polar surface area (TPSA) is 78.5 Å². The number of urea groups is 1. The van der Waals surface area contributed by atoms with E-state index < -0.39 is 11.6 Å². The predicted molar refractivity (Wildman–Crippen MR) is 76.1 cm³/mol. The molecule has 21 heavy (non-hydrogen) atoms. The second kappa shape index (κ2) is 4.73. The molecule has 0 saturated carbocycles. The monoisotopic (exact) mass is 307 g/mol. The number of hydrogen-bond acceptors (Lipinski definition) is 3. The van der Waals surface area contributed by atoms with Gasteiger partial charge in [-0.3, -0.25) is 14.9 Å². The number of carbonyl (C=O) groups excluding carboxylic acids is 3. The molecule has 3 rings (SSSR count). The first-order valence-corrected chi connectivity index (χ1v) is 6.98. The Hall–Kier alpha value is -2.08. The number of amides is 4. The van der Waals surface area contributed by atoms with E-state index in [1.807, 2.05) is 6.92 Å². The molecule has 1 spiro atoms. The number of rotatable bonds is 1. The Labute approximate surface area is 126 Å². The fraction of sp³-hybridized carbons (Fsp3) is 0.357. The minimum Gasteiger partial charge on any atom is -0.336 e. The fourth-order valence-electron chi connectivity index (χ4n) is 2.84. The van der Waals surface area contributed by atoms with Crippen LogP contribution in [0.1, 0.15) is 22.3 Å². The number of carbonyl (C=O) groups is 3. The summed E-state index contributed by atoms with van der Waals surface area (Å²) in [7, 11) is 0. The Morgan fingerprint density at radius 1 is 1.38 bits per heavy atom. The average molecular weight is 308 g/mol. The zero-order valence-electron chi connectivity index (χ0n) is 11.4. The summed E-state index contributed by atoms with van der Waals surface area (Å²) in [6.07, 6.45) is 0.420. The van der Waals surface area contributed by atoms with Gasteiger partial charge < -0.3 is 10.2 Å². The highest BCUT2D eigenvalue weighted by atomic mass is 35.5. The van der Waals surface area contributed by atoms with E-state index in [-0.39, 0.29) is 18.4 Å². The molecule has 1 atom stereocenters. The van der Waals surface area contributed by atoms with E-state index in [2.05, 4.69) is 10.6 Å². The summed E-state index contributed by atoms with van der Waals surface area (Å²) in [6.45, 7) is 2.43. The van der Waals surface area contributed by atoms with Gasteiger partial charge in [0.15, 0.2) is 0 Å². The van der Waals surface area contributed by atoms with Crippen LogP contribution in [0, 0.1) is 6.92 Å². The van der Waals surface area contributed by atoms with Crippen molar-refractivity contribution in [1.82, 2.24) is 15.5 Å². The molecular weight excluding hydrogens is 294 g/mol. The van der Waals surface area contributed by atoms with Gasteiger partial charge in [0.25, 0.3) is 11.8 Å². The molecule has 6 nitrogen and oxygen atoms in total. The van der Waals surface area contributed by atoms with Crippen molar-refractivity contribution in [3.05, 3.63) is 34.3 Å². The molecule has 1 aromatic rings. The van der Waals surface area contributed by atoms with E-state index in [0.29, 0.717) is 23.6 Å². The molecule has 2 heterocycles. The third-order valence-electron chi connectivity index (χ3n) is 3.99. The van der Waals surface area contributed by atoms with Gasteiger partial charge in [0.05, 0.1) is 6.54 Å². The molecule has 0 aromatic heterocycles. The Kier molecular flexibility index (Phi) is 3.13. The lowest BCUT2D eigenvalue weighted by atomic mass is 9.99. The lowest BCUT2D eigenvalue weighted by Crippen LogP contribution is -2.49. The van der Waals surface area contributed by atoms with Crippen molar-refractivity contribution in [3.8, 4) is 0 Å². The number of imide groups is 1. The van der Waals surface area contributed by atoms with Gasteiger partial charge in [-0.2, -0.15) is 0 Å². The van der Waals surface area contributed by atoms with E-state index in [9.17, 15) is 14.4 Å². The maximum absolute atomic E-state index is 12.5. The molecule has 0 aliphatic carbocycles. The van der Waals surface area contributed by atoms with E-state index in [1.54, 1.807) is 23.1 Å². The number of nitrogens with zero attached hydrogens (tertiary/aromatic N) is 1. The first-order chi connectivity index (χ1) is 9.91. The summed E-state index contributed by atoms with van der Waals surface area (Å²) in [5.74, 6) is -0.523. The highest BCUT2D eigenvalue weighted by molar-refractivity contribution is 6.30. The van der Waals surface area contributed by atoms with E-state index in [4.69, 9.17) is 11.6 Å². The molecule has 7 heteroatoms. The van der Waals surface area contributed by atoms with Crippen LogP contribution in [0.4, 0.5) is 4.79 Å². The summed E-state index contributed by atoms with van der Waals surface area (Å²) in [5, 5.41) is 5.42. The quantitative estimate of drug-likeness (QED) is 0.762. The fourth-order valence-corrected chi connectivity index (χ4v) is 3.06. The van der Waals surface area contributed by atoms with Crippen LogP contribution in [0.5, 0.6) is 0 Å². The van der Waals surface area contributed by atoms with Crippen molar-refractivity contribution in [2.45, 2.75) is 18.9 Å². The molecule has 2 fully saturated rings. The van der Waals surface area contributed by atoms with E-state index in [1.165, 1.54) is 0 Å². The Balaban J connectivity index is 1.82. The standard InChI is InChI=1S/C14H14ClN3O3/c1-8-6-9(15)2-3-10(8)11(19)18-5-4-14(7-18)12(20)16-13(21)17-14/h2-3,6H,4-5,7H2,1H3,(H2,16,17,20,21). The van der Waals surface area contributed by atoms with Gasteiger partial charge >= 0.3 is 6.03 Å². The molecule has 2 N–H and O–H groups in total. The van der Waals surface area contributed by atoms with Crippen molar-refractivity contribution < 1.29 is 14.4 Å². The molecule has 2 aliphatic heterocycles. The van der Waals surface area contributed by atoms with Crippen LogP contribution in [0.25, 0.3) is 0 Å². The van der Waals surface area contributed by atoms with Gasteiger partial charge in [-0.1, -0.05) is 11.6 Å². The summed E-state index contributed by atoms with van der Waals surface area (Å²) in [5.41, 5.74) is 0.363. The number of hydrogen-bond donors (Lipinski definition) is 2. The zero-order chi connectivity index (χ0) is 15.2. The molecule has 1 aromatic carbocycles. The molecule has 0 bridgehead atoms. The first kappa shape index (κ1) is 13.9. The third kappa shape index (κ3) is 2.25. The Morgan fingerprint density at radius 2 is 2.14 bits per heavy atom. The van der Waals surface area contributed by atoms with Crippen LogP contribution >= 0.6 is 11.6 Å². The van der Waals surface area contributed by atoms with E-state index in [0.717, 1.165) is 5.56 Å². The third-order valence-corrected chi connectivity index (χ3v) is 4.22. The number of likely N-dealkylation sites (tertiary alicyclic amines) is 1. The summed E-state index contributed by atoms with van der Waals surface area (Å²) < 4.78 is 0. The van der Waals surface area contributed by atoms with Crippen LogP contribution in [0.3, 0.4) is 0 Å². The van der Waals surface area contributed by atoms with Crippen molar-refractivity contribution >= 4 is 29.4 Å². The second-order valence-electron chi connectivity index (χ2n) is 5.43. The molecule has 110 valence electrons. The SMILES string of the molecule is Cc1cc(Cl)ccc1C(=O)N1CCC2(C1)NC(=O)NC2=O. The number of halogens is 1. The number of nitrogens with one attached hydrogen (secondary N) is 2. The van der Waals surface area contributed by atoms with Gasteiger partial charge in [0.1, 0.15) is 5.54 Å². The van der Waals surface area contributed by atoms with Gasteiger partial charge in [0, 0.05) is 17.1 Å². The Bertz CT molecular complexity index is 661. The highest BCUT2D eigenvalue weighted by Crippen LogP contribution is 2.27. The maximum atomic E-state index is 12.5. The first-order valence-electron chi connectivity index (χ1n) is 6.60. The summed E-state index contributed by atoms with van der Waals surface area (Å²) in [6, 6.07) is 4.57. The van der Waals surface area contributed by atoms with Gasteiger partial charge in [-0.25, -0.2) is 4.79 Å². The minimum atomic E-state index is -0.979. The average Bonchev–Trinajstić information content (AvgIpc) is 2.94. The molecule has 1 unspecified atom stereocenters. The Morgan fingerprint density at radius 3 is 2.76 bits per heavy atom. The second-order valence-corrected chi connectivity index (χ2v) is 5.86. The van der Waals surface area contributed by atoms with Gasteiger partial charge in [-0.15, -0.1) is 0 Å². The maximum Gasteiger partial charge on any atom is 0.322 e. The number of benzene rings is 1. The summed E-state index contributed by atoms with van der Waals surface area (Å²) in [4.78, 5) is 37.3. The normalized spacial score (nSPS) is 24.4. The van der Waals surface area contributed by atoms with Crippen LogP contribution in [0.15, 0.2) is 18.2 Å². The highest BCUT2D eigenvalue weighted by Gasteiger charge is 2.51. The lowest BCUT2D eigenvalue weighted by Gasteiger charge is -2.21. The van der Waals surface area contributed by atoms with Crippen LogP contribution in [0.2, 0.25) is 5.02 Å².